The molecule has 19 heavy (non-hydrogen) atoms. The van der Waals surface area contributed by atoms with Gasteiger partial charge >= 0.3 is 0 Å². The Morgan fingerprint density at radius 2 is 2.21 bits per heavy atom. The van der Waals surface area contributed by atoms with E-state index in [2.05, 4.69) is 28.7 Å². The van der Waals surface area contributed by atoms with Crippen LogP contribution in [-0.4, -0.2) is 20.6 Å². The molecule has 2 heterocycles. The number of thiazole rings is 1. The Hall–Kier alpha value is -1.20. The smallest absolute Gasteiger partial charge is 0.116 e. The van der Waals surface area contributed by atoms with Crippen molar-refractivity contribution in [2.24, 2.45) is 7.05 Å². The highest BCUT2D eigenvalue weighted by atomic mass is 32.1. The predicted molar refractivity (Wildman–Crippen MR) is 77.5 cm³/mol. The van der Waals surface area contributed by atoms with Crippen molar-refractivity contribution in [1.82, 2.24) is 19.9 Å². The van der Waals surface area contributed by atoms with Crippen molar-refractivity contribution in [3.63, 3.8) is 0 Å². The van der Waals surface area contributed by atoms with Crippen LogP contribution in [0.3, 0.4) is 0 Å². The zero-order valence-electron chi connectivity index (χ0n) is 11.7. The summed E-state index contributed by atoms with van der Waals surface area (Å²) < 4.78 is 2.08. The van der Waals surface area contributed by atoms with Crippen LogP contribution in [0.15, 0.2) is 12.5 Å². The van der Waals surface area contributed by atoms with Crippen LogP contribution >= 0.6 is 11.3 Å². The molecule has 0 saturated carbocycles. The van der Waals surface area contributed by atoms with Gasteiger partial charge in [0, 0.05) is 18.0 Å². The van der Waals surface area contributed by atoms with Crippen molar-refractivity contribution >= 4 is 11.3 Å². The summed E-state index contributed by atoms with van der Waals surface area (Å²) in [6.45, 7) is 4.34. The van der Waals surface area contributed by atoms with Gasteiger partial charge in [0.05, 0.1) is 23.9 Å². The number of imidazole rings is 1. The lowest BCUT2D eigenvalue weighted by Gasteiger charge is -2.19. The normalized spacial score (nSPS) is 16.0. The maximum Gasteiger partial charge on any atom is 0.116 e. The molecule has 102 valence electrons. The average Bonchev–Trinajstić information content (AvgIpc) is 3.00. The maximum atomic E-state index is 4.86. The summed E-state index contributed by atoms with van der Waals surface area (Å²) in [7, 11) is 2.04. The van der Waals surface area contributed by atoms with E-state index in [-0.39, 0.29) is 6.04 Å². The molecule has 0 amide bonds. The average molecular weight is 276 g/mol. The van der Waals surface area contributed by atoms with Gasteiger partial charge in [-0.15, -0.1) is 11.3 Å². The molecular formula is C14H20N4S. The molecule has 1 N–H and O–H groups in total. The molecule has 0 spiro atoms. The van der Waals surface area contributed by atoms with Gasteiger partial charge in [0.25, 0.3) is 0 Å². The zero-order valence-corrected chi connectivity index (χ0v) is 12.5. The summed E-state index contributed by atoms with van der Waals surface area (Å²) in [4.78, 5) is 10.6. The second kappa shape index (κ2) is 5.06. The van der Waals surface area contributed by atoms with Crippen molar-refractivity contribution < 1.29 is 0 Å². The van der Waals surface area contributed by atoms with Gasteiger partial charge in [0.15, 0.2) is 0 Å². The van der Waals surface area contributed by atoms with Crippen LogP contribution in [0.5, 0.6) is 0 Å². The highest BCUT2D eigenvalue weighted by molar-refractivity contribution is 7.11. The summed E-state index contributed by atoms with van der Waals surface area (Å²) in [5.41, 5.74) is 2.50. The number of rotatable bonds is 4. The van der Waals surface area contributed by atoms with Crippen LogP contribution in [0.4, 0.5) is 0 Å². The topological polar surface area (TPSA) is 42.7 Å². The van der Waals surface area contributed by atoms with Crippen molar-refractivity contribution in [2.45, 2.75) is 45.2 Å². The largest absolute Gasteiger partial charge is 0.336 e. The molecule has 1 aliphatic carbocycles. The fourth-order valence-corrected chi connectivity index (χ4v) is 3.82. The Labute approximate surface area is 117 Å². The van der Waals surface area contributed by atoms with Crippen molar-refractivity contribution in [3.05, 3.63) is 33.8 Å². The molecule has 0 saturated heterocycles. The fourth-order valence-electron chi connectivity index (χ4n) is 2.60. The third-order valence-corrected chi connectivity index (χ3v) is 4.73. The fraction of sp³-hybridized carbons (Fsp3) is 0.571. The number of nitrogens with one attached hydrogen (secondary N) is 1. The predicted octanol–water partition coefficient (Wildman–Crippen LogP) is 2.45. The van der Waals surface area contributed by atoms with Gasteiger partial charge in [0.2, 0.25) is 0 Å². The quantitative estimate of drug-likeness (QED) is 0.933. The minimum absolute atomic E-state index is 0.156. The summed E-state index contributed by atoms with van der Waals surface area (Å²) in [6.07, 6.45) is 7.40. The summed E-state index contributed by atoms with van der Waals surface area (Å²) >= 11 is 1.86. The molecule has 3 rings (SSSR count). The van der Waals surface area contributed by atoms with Crippen molar-refractivity contribution in [1.29, 1.82) is 0 Å². The second-order valence-electron chi connectivity index (χ2n) is 5.46. The summed E-state index contributed by atoms with van der Waals surface area (Å²) in [5.74, 6) is 0. The molecule has 0 aliphatic heterocycles. The van der Waals surface area contributed by atoms with Crippen LogP contribution in [0.25, 0.3) is 0 Å². The van der Waals surface area contributed by atoms with Gasteiger partial charge in [-0.3, -0.25) is 0 Å². The molecule has 0 radical (unpaired) electrons. The van der Waals surface area contributed by atoms with Crippen molar-refractivity contribution in [3.8, 4) is 0 Å². The number of hydrogen-bond donors (Lipinski definition) is 1. The number of nitrogens with zero attached hydrogens (tertiary/aromatic N) is 3. The van der Waals surface area contributed by atoms with Gasteiger partial charge in [0.1, 0.15) is 11.0 Å². The van der Waals surface area contributed by atoms with E-state index in [9.17, 15) is 0 Å². The molecule has 0 aromatic carbocycles. The first-order valence-corrected chi connectivity index (χ1v) is 7.67. The number of aromatic nitrogens is 3. The maximum absolute atomic E-state index is 4.86. The lowest BCUT2D eigenvalue weighted by molar-refractivity contribution is 0.507. The SMILES string of the molecule is CC(C)NC(c1nc2c(s1)CCC2)c1cncn1C. The minimum atomic E-state index is 0.156. The number of fused-ring (bicyclic) bond motifs is 1. The number of aryl methyl sites for hydroxylation is 3. The Morgan fingerprint density at radius 1 is 1.37 bits per heavy atom. The van der Waals surface area contributed by atoms with E-state index in [1.54, 1.807) is 0 Å². The Kier molecular flexibility index (Phi) is 3.41. The first kappa shape index (κ1) is 12.8. The van der Waals surface area contributed by atoms with Crippen LogP contribution in [-0.2, 0) is 19.9 Å². The molecule has 1 unspecified atom stereocenters. The molecule has 2 aromatic heterocycles. The Morgan fingerprint density at radius 3 is 2.84 bits per heavy atom. The van der Waals surface area contributed by atoms with Gasteiger partial charge in [-0.2, -0.15) is 0 Å². The van der Waals surface area contributed by atoms with E-state index in [0.717, 1.165) is 6.42 Å². The monoisotopic (exact) mass is 276 g/mol. The molecule has 5 heteroatoms. The van der Waals surface area contributed by atoms with E-state index >= 15 is 0 Å². The van der Waals surface area contributed by atoms with Crippen LogP contribution in [0, 0.1) is 0 Å². The lowest BCUT2D eigenvalue weighted by Crippen LogP contribution is -2.30. The second-order valence-corrected chi connectivity index (χ2v) is 6.57. The van der Waals surface area contributed by atoms with E-state index < -0.39 is 0 Å². The van der Waals surface area contributed by atoms with E-state index in [1.807, 2.05) is 30.9 Å². The molecule has 2 aromatic rings. The van der Waals surface area contributed by atoms with Crippen LogP contribution in [0.2, 0.25) is 0 Å². The summed E-state index contributed by atoms with van der Waals surface area (Å²) in [5, 5.41) is 4.80. The van der Waals surface area contributed by atoms with Gasteiger partial charge < -0.3 is 9.88 Å². The van der Waals surface area contributed by atoms with E-state index in [0.29, 0.717) is 6.04 Å². The number of hydrogen-bond acceptors (Lipinski definition) is 4. The lowest BCUT2D eigenvalue weighted by atomic mass is 10.2. The van der Waals surface area contributed by atoms with E-state index in [1.165, 1.54) is 34.1 Å². The Balaban J connectivity index is 1.96. The van der Waals surface area contributed by atoms with Gasteiger partial charge in [-0.1, -0.05) is 0 Å². The molecule has 0 bridgehead atoms. The highest BCUT2D eigenvalue weighted by Gasteiger charge is 2.25. The highest BCUT2D eigenvalue weighted by Crippen LogP contribution is 2.33. The van der Waals surface area contributed by atoms with Gasteiger partial charge in [-0.25, -0.2) is 9.97 Å². The van der Waals surface area contributed by atoms with Gasteiger partial charge in [-0.05, 0) is 33.1 Å². The Bertz CT molecular complexity index is 548. The standard InChI is InChI=1S/C14H20N4S/c1-9(2)16-13(11-7-15-8-18(11)3)14-17-10-5-4-6-12(10)19-14/h7-9,13,16H,4-6H2,1-3H3. The first-order valence-electron chi connectivity index (χ1n) is 6.86. The van der Waals surface area contributed by atoms with Crippen molar-refractivity contribution in [2.75, 3.05) is 0 Å². The molecule has 1 atom stereocenters. The van der Waals surface area contributed by atoms with E-state index in [4.69, 9.17) is 4.98 Å². The molecule has 1 aliphatic rings. The molecule has 4 nitrogen and oxygen atoms in total. The summed E-state index contributed by atoms with van der Waals surface area (Å²) in [6, 6.07) is 0.571. The molecule has 0 fully saturated rings. The minimum Gasteiger partial charge on any atom is -0.336 e. The third-order valence-electron chi connectivity index (χ3n) is 3.51. The zero-order chi connectivity index (χ0) is 13.4. The third kappa shape index (κ3) is 2.44. The molecular weight excluding hydrogens is 256 g/mol. The van der Waals surface area contributed by atoms with Crippen LogP contribution < -0.4 is 5.32 Å². The van der Waals surface area contributed by atoms with Crippen LogP contribution in [0.1, 0.15) is 47.6 Å². The first-order chi connectivity index (χ1) is 9.15.